The smallest absolute Gasteiger partial charge is 0.319 e. The molecule has 0 unspecified atom stereocenters. The maximum atomic E-state index is 12.2. The van der Waals surface area contributed by atoms with Gasteiger partial charge in [-0.2, -0.15) is 0 Å². The van der Waals surface area contributed by atoms with Gasteiger partial charge in [0.1, 0.15) is 0 Å². The summed E-state index contributed by atoms with van der Waals surface area (Å²) in [5.41, 5.74) is 0.734. The Hall–Kier alpha value is -1.95. The van der Waals surface area contributed by atoms with Crippen LogP contribution >= 0.6 is 0 Å². The number of hydrogen-bond acceptors (Lipinski definition) is 4. The molecule has 130 valence electrons. The van der Waals surface area contributed by atoms with E-state index < -0.39 is 5.79 Å². The lowest BCUT2D eigenvalue weighted by atomic mass is 10.1. The van der Waals surface area contributed by atoms with Gasteiger partial charge in [0.25, 0.3) is 5.79 Å². The molecular formula is C18H25N3O3. The molecular weight excluding hydrogens is 306 g/mol. The summed E-state index contributed by atoms with van der Waals surface area (Å²) < 4.78 is 12.0. The molecule has 0 atom stereocenters. The van der Waals surface area contributed by atoms with Crippen molar-refractivity contribution in [3.05, 3.63) is 18.2 Å². The Kier molecular flexibility index (Phi) is 4.00. The number of nitrogens with one attached hydrogen (secondary N) is 2. The van der Waals surface area contributed by atoms with Gasteiger partial charge in [-0.15, -0.1) is 0 Å². The van der Waals surface area contributed by atoms with Crippen molar-refractivity contribution in [1.29, 1.82) is 0 Å². The molecule has 2 N–H and O–H groups in total. The van der Waals surface area contributed by atoms with Crippen LogP contribution in [0.4, 0.5) is 10.5 Å². The minimum Gasteiger partial charge on any atom is -0.448 e. The van der Waals surface area contributed by atoms with Crippen LogP contribution in [0.1, 0.15) is 38.5 Å². The zero-order chi connectivity index (χ0) is 16.6. The highest BCUT2D eigenvalue weighted by Crippen LogP contribution is 2.47. The monoisotopic (exact) mass is 331 g/mol. The van der Waals surface area contributed by atoms with E-state index in [0.29, 0.717) is 0 Å². The Morgan fingerprint density at radius 1 is 1.17 bits per heavy atom. The summed E-state index contributed by atoms with van der Waals surface area (Å²) in [6, 6.07) is 5.70. The van der Waals surface area contributed by atoms with Gasteiger partial charge < -0.3 is 25.0 Å². The largest absolute Gasteiger partial charge is 0.448 e. The average molecular weight is 331 g/mol. The number of nitrogens with zero attached hydrogens (tertiary/aromatic N) is 1. The van der Waals surface area contributed by atoms with E-state index in [0.717, 1.165) is 68.8 Å². The van der Waals surface area contributed by atoms with E-state index >= 15 is 0 Å². The minimum absolute atomic E-state index is 0.154. The number of fused-ring (bicyclic) bond motifs is 1. The first kappa shape index (κ1) is 15.6. The molecule has 24 heavy (non-hydrogen) atoms. The Balaban J connectivity index is 1.35. The van der Waals surface area contributed by atoms with E-state index in [1.165, 1.54) is 0 Å². The molecule has 0 aromatic heterocycles. The van der Waals surface area contributed by atoms with Crippen LogP contribution in [-0.2, 0) is 0 Å². The fourth-order valence-corrected chi connectivity index (χ4v) is 3.79. The van der Waals surface area contributed by atoms with E-state index in [-0.39, 0.29) is 12.1 Å². The molecule has 1 aromatic rings. The molecule has 1 saturated heterocycles. The van der Waals surface area contributed by atoms with E-state index in [1.807, 2.05) is 18.2 Å². The van der Waals surface area contributed by atoms with Crippen molar-refractivity contribution in [2.75, 3.05) is 25.5 Å². The van der Waals surface area contributed by atoms with Gasteiger partial charge in [0, 0.05) is 30.6 Å². The minimum atomic E-state index is -0.461. The molecule has 2 amide bonds. The van der Waals surface area contributed by atoms with Crippen molar-refractivity contribution in [2.24, 2.45) is 0 Å². The number of piperidine rings is 1. The third-order valence-electron chi connectivity index (χ3n) is 5.21. The van der Waals surface area contributed by atoms with Crippen LogP contribution in [-0.4, -0.2) is 42.9 Å². The third kappa shape index (κ3) is 3.15. The van der Waals surface area contributed by atoms with E-state index in [1.54, 1.807) is 0 Å². The predicted octanol–water partition coefficient (Wildman–Crippen LogP) is 2.94. The number of ether oxygens (including phenoxy) is 2. The van der Waals surface area contributed by atoms with Gasteiger partial charge >= 0.3 is 6.03 Å². The molecule has 2 fully saturated rings. The SMILES string of the molecule is CN1CCC(NC(=O)Nc2ccc3c(c2)OC2(CCCC2)O3)CC1. The number of amides is 2. The van der Waals surface area contributed by atoms with Crippen LogP contribution in [0.3, 0.4) is 0 Å². The van der Waals surface area contributed by atoms with Crippen LogP contribution in [0.25, 0.3) is 0 Å². The van der Waals surface area contributed by atoms with Gasteiger partial charge in [-0.3, -0.25) is 0 Å². The van der Waals surface area contributed by atoms with Crippen molar-refractivity contribution in [3.63, 3.8) is 0 Å². The highest BCUT2D eigenvalue weighted by molar-refractivity contribution is 5.89. The average Bonchev–Trinajstić information content (AvgIpc) is 3.15. The van der Waals surface area contributed by atoms with E-state index in [4.69, 9.17) is 9.47 Å². The van der Waals surface area contributed by atoms with Crippen LogP contribution in [0.5, 0.6) is 11.5 Å². The lowest BCUT2D eigenvalue weighted by molar-refractivity contribution is -0.0716. The van der Waals surface area contributed by atoms with E-state index in [9.17, 15) is 4.79 Å². The Morgan fingerprint density at radius 3 is 2.62 bits per heavy atom. The molecule has 1 aliphatic carbocycles. The molecule has 6 heteroatoms. The molecule has 1 saturated carbocycles. The fourth-order valence-electron chi connectivity index (χ4n) is 3.79. The number of likely N-dealkylation sites (tertiary alicyclic amines) is 1. The molecule has 0 radical (unpaired) electrons. The van der Waals surface area contributed by atoms with Crippen molar-refractivity contribution >= 4 is 11.7 Å². The number of carbonyl (C=O) groups is 1. The predicted molar refractivity (Wildman–Crippen MR) is 91.6 cm³/mol. The first-order chi connectivity index (χ1) is 11.6. The highest BCUT2D eigenvalue weighted by atomic mass is 16.7. The first-order valence-electron chi connectivity index (χ1n) is 8.90. The van der Waals surface area contributed by atoms with Gasteiger partial charge in [0.2, 0.25) is 0 Å². The summed E-state index contributed by atoms with van der Waals surface area (Å²) in [4.78, 5) is 14.5. The topological polar surface area (TPSA) is 62.8 Å². The van der Waals surface area contributed by atoms with E-state index in [2.05, 4.69) is 22.6 Å². The Morgan fingerprint density at radius 2 is 1.88 bits per heavy atom. The molecule has 2 heterocycles. The molecule has 6 nitrogen and oxygen atoms in total. The summed E-state index contributed by atoms with van der Waals surface area (Å²) in [7, 11) is 2.11. The number of hydrogen-bond donors (Lipinski definition) is 2. The van der Waals surface area contributed by atoms with Gasteiger partial charge in [0.15, 0.2) is 11.5 Å². The van der Waals surface area contributed by atoms with Crippen LogP contribution in [0.2, 0.25) is 0 Å². The maximum Gasteiger partial charge on any atom is 0.319 e. The Labute approximate surface area is 142 Å². The second-order valence-electron chi connectivity index (χ2n) is 7.16. The maximum absolute atomic E-state index is 12.2. The lowest BCUT2D eigenvalue weighted by Gasteiger charge is -2.29. The summed E-state index contributed by atoms with van der Waals surface area (Å²) in [5, 5.41) is 5.97. The van der Waals surface area contributed by atoms with Gasteiger partial charge in [-0.1, -0.05) is 0 Å². The second-order valence-corrected chi connectivity index (χ2v) is 7.16. The summed E-state index contributed by atoms with van der Waals surface area (Å²) >= 11 is 0. The standard InChI is InChI=1S/C18H25N3O3/c1-21-10-6-13(7-11-21)19-17(22)20-14-4-5-15-16(12-14)24-18(23-15)8-2-3-9-18/h4-5,12-13H,2-3,6-11H2,1H3,(H2,19,20,22). The molecule has 1 spiro atoms. The number of rotatable bonds is 2. The molecule has 1 aromatic carbocycles. The van der Waals surface area contributed by atoms with Crippen molar-refractivity contribution < 1.29 is 14.3 Å². The van der Waals surface area contributed by atoms with Gasteiger partial charge in [-0.05, 0) is 58.0 Å². The summed E-state index contributed by atoms with van der Waals surface area (Å²) in [6.07, 6.45) is 6.12. The second kappa shape index (κ2) is 6.16. The quantitative estimate of drug-likeness (QED) is 0.875. The Bertz CT molecular complexity index is 620. The van der Waals surface area contributed by atoms with Crippen LogP contribution < -0.4 is 20.1 Å². The first-order valence-corrected chi connectivity index (χ1v) is 8.90. The fraction of sp³-hybridized carbons (Fsp3) is 0.611. The normalized spacial score (nSPS) is 22.7. The summed E-state index contributed by atoms with van der Waals surface area (Å²) in [6.45, 7) is 2.05. The van der Waals surface area contributed by atoms with Crippen LogP contribution in [0.15, 0.2) is 18.2 Å². The molecule has 4 rings (SSSR count). The van der Waals surface area contributed by atoms with Crippen molar-refractivity contribution in [3.8, 4) is 11.5 Å². The lowest BCUT2D eigenvalue weighted by Crippen LogP contribution is -2.44. The third-order valence-corrected chi connectivity index (χ3v) is 5.21. The van der Waals surface area contributed by atoms with Gasteiger partial charge in [-0.25, -0.2) is 4.79 Å². The van der Waals surface area contributed by atoms with Crippen molar-refractivity contribution in [1.82, 2.24) is 10.2 Å². The zero-order valence-corrected chi connectivity index (χ0v) is 14.1. The molecule has 3 aliphatic rings. The molecule has 0 bridgehead atoms. The number of benzene rings is 1. The molecule has 2 aliphatic heterocycles. The van der Waals surface area contributed by atoms with Crippen LogP contribution in [0, 0.1) is 0 Å². The number of carbonyl (C=O) groups excluding carboxylic acids is 1. The zero-order valence-electron chi connectivity index (χ0n) is 14.1. The highest BCUT2D eigenvalue weighted by Gasteiger charge is 2.44. The van der Waals surface area contributed by atoms with Gasteiger partial charge in [0.05, 0.1) is 0 Å². The summed E-state index contributed by atoms with van der Waals surface area (Å²) in [5.74, 6) is 1.05. The number of anilines is 1. The number of urea groups is 1. The van der Waals surface area contributed by atoms with Crippen molar-refractivity contribution in [2.45, 2.75) is 50.4 Å².